The van der Waals surface area contributed by atoms with Crippen LogP contribution in [-0.4, -0.2) is 40.3 Å². The van der Waals surface area contributed by atoms with Crippen LogP contribution in [0, 0.1) is 12.8 Å². The summed E-state index contributed by atoms with van der Waals surface area (Å²) in [6.45, 7) is 3.68. The summed E-state index contributed by atoms with van der Waals surface area (Å²) >= 11 is 1.70. The van der Waals surface area contributed by atoms with Crippen LogP contribution < -0.4 is 15.4 Å². The molecule has 0 aliphatic heterocycles. The first-order valence-corrected chi connectivity index (χ1v) is 10.5. The van der Waals surface area contributed by atoms with E-state index in [0.717, 1.165) is 12.8 Å². The second kappa shape index (κ2) is 10.6. The minimum absolute atomic E-state index is 0. The maximum absolute atomic E-state index is 11.9. The average Bonchev–Trinajstić information content (AvgIpc) is 2.86. The third-order valence-electron chi connectivity index (χ3n) is 4.09. The van der Waals surface area contributed by atoms with E-state index < -0.39 is 10.0 Å². The van der Waals surface area contributed by atoms with Crippen LogP contribution in [-0.2, 0) is 16.6 Å². The first kappa shape index (κ1) is 21.7. The van der Waals surface area contributed by atoms with E-state index in [-0.39, 0.29) is 29.7 Å². The molecule has 0 bridgehead atoms. The number of aryl methyl sites for hydroxylation is 1. The van der Waals surface area contributed by atoms with Gasteiger partial charge in [0.15, 0.2) is 5.96 Å². The number of sulfonamides is 1. The fourth-order valence-electron chi connectivity index (χ4n) is 2.29. The zero-order chi connectivity index (χ0) is 16.7. The molecule has 1 aromatic heterocycles. The maximum Gasteiger partial charge on any atom is 0.213 e. The van der Waals surface area contributed by atoms with Crippen molar-refractivity contribution in [2.45, 2.75) is 32.7 Å². The number of halogens is 1. The molecule has 1 saturated carbocycles. The van der Waals surface area contributed by atoms with E-state index in [4.69, 9.17) is 0 Å². The monoisotopic (exact) mass is 486 g/mol. The van der Waals surface area contributed by atoms with E-state index >= 15 is 0 Å². The molecule has 0 unspecified atom stereocenters. The van der Waals surface area contributed by atoms with Gasteiger partial charge in [-0.3, -0.25) is 4.99 Å². The Hall–Kier alpha value is -0.390. The van der Waals surface area contributed by atoms with Gasteiger partial charge in [0.25, 0.3) is 0 Å². The Balaban J connectivity index is 0.00000288. The van der Waals surface area contributed by atoms with Gasteiger partial charge < -0.3 is 10.6 Å². The quantitative estimate of drug-likeness (QED) is 0.299. The summed E-state index contributed by atoms with van der Waals surface area (Å²) in [6, 6.07) is 2.08. The third kappa shape index (κ3) is 7.24. The smallest absolute Gasteiger partial charge is 0.213 e. The van der Waals surface area contributed by atoms with E-state index in [1.54, 1.807) is 18.4 Å². The number of hydrogen-bond acceptors (Lipinski definition) is 4. The number of hydrogen-bond donors (Lipinski definition) is 3. The summed E-state index contributed by atoms with van der Waals surface area (Å²) in [5.74, 6) is 1.20. The fourth-order valence-corrected chi connectivity index (χ4v) is 4.14. The van der Waals surface area contributed by atoms with Gasteiger partial charge in [-0.2, -0.15) is 0 Å². The second-order valence-corrected chi connectivity index (χ2v) is 8.77. The molecule has 3 N–H and O–H groups in total. The summed E-state index contributed by atoms with van der Waals surface area (Å²) in [6.07, 6.45) is 3.50. The van der Waals surface area contributed by atoms with Crippen LogP contribution >= 0.6 is 35.3 Å². The topological polar surface area (TPSA) is 82.6 Å². The lowest BCUT2D eigenvalue weighted by Gasteiger charge is -2.25. The zero-order valence-electron chi connectivity index (χ0n) is 14.2. The Kier molecular flexibility index (Phi) is 9.53. The molecule has 24 heavy (non-hydrogen) atoms. The summed E-state index contributed by atoms with van der Waals surface area (Å²) in [7, 11) is -1.53. The first-order valence-electron chi connectivity index (χ1n) is 7.95. The minimum atomic E-state index is -3.21. The molecule has 1 aliphatic rings. The summed E-state index contributed by atoms with van der Waals surface area (Å²) in [5.41, 5.74) is 1.25. The lowest BCUT2D eigenvalue weighted by atomic mass is 9.86. The number of nitrogens with one attached hydrogen (secondary N) is 3. The van der Waals surface area contributed by atoms with Gasteiger partial charge in [0, 0.05) is 25.0 Å². The van der Waals surface area contributed by atoms with Gasteiger partial charge in [-0.05, 0) is 42.7 Å². The van der Waals surface area contributed by atoms with Crippen molar-refractivity contribution in [1.82, 2.24) is 15.4 Å². The van der Waals surface area contributed by atoms with E-state index in [1.807, 2.05) is 0 Å². The van der Waals surface area contributed by atoms with Crippen molar-refractivity contribution in [3.05, 3.63) is 21.9 Å². The molecule has 6 nitrogen and oxygen atoms in total. The molecule has 1 heterocycles. The predicted molar refractivity (Wildman–Crippen MR) is 112 cm³/mol. The van der Waals surface area contributed by atoms with Crippen LogP contribution in [0.1, 0.15) is 29.7 Å². The Morgan fingerprint density at radius 3 is 2.67 bits per heavy atom. The number of guanidine groups is 1. The van der Waals surface area contributed by atoms with Crippen LogP contribution in [0.4, 0.5) is 0 Å². The van der Waals surface area contributed by atoms with Gasteiger partial charge in [-0.15, -0.1) is 35.3 Å². The van der Waals surface area contributed by atoms with Gasteiger partial charge in [0.05, 0.1) is 12.3 Å². The fraction of sp³-hybridized carbons (Fsp3) is 0.667. The molecule has 1 aliphatic carbocycles. The van der Waals surface area contributed by atoms with Crippen LogP contribution in [0.5, 0.6) is 0 Å². The third-order valence-corrected chi connectivity index (χ3v) is 6.46. The van der Waals surface area contributed by atoms with Gasteiger partial charge in [0.2, 0.25) is 10.0 Å². The zero-order valence-corrected chi connectivity index (χ0v) is 18.1. The molecule has 1 aromatic rings. The van der Waals surface area contributed by atoms with Gasteiger partial charge >= 0.3 is 0 Å². The van der Waals surface area contributed by atoms with Crippen molar-refractivity contribution < 1.29 is 8.42 Å². The molecule has 9 heteroatoms. The van der Waals surface area contributed by atoms with Crippen molar-refractivity contribution in [2.75, 3.05) is 25.9 Å². The predicted octanol–water partition coefficient (Wildman–Crippen LogP) is 2.06. The molecule has 0 amide bonds. The van der Waals surface area contributed by atoms with Gasteiger partial charge in [-0.1, -0.05) is 6.42 Å². The van der Waals surface area contributed by atoms with Crippen LogP contribution in [0.3, 0.4) is 0 Å². The van der Waals surface area contributed by atoms with Crippen LogP contribution in [0.2, 0.25) is 0 Å². The first-order chi connectivity index (χ1) is 11.0. The Morgan fingerprint density at radius 2 is 2.12 bits per heavy atom. The summed E-state index contributed by atoms with van der Waals surface area (Å²) < 4.78 is 26.5. The van der Waals surface area contributed by atoms with Gasteiger partial charge in [0.1, 0.15) is 0 Å². The van der Waals surface area contributed by atoms with Crippen molar-refractivity contribution in [3.8, 4) is 0 Å². The molecule has 0 atom stereocenters. The lowest BCUT2D eigenvalue weighted by molar-refractivity contribution is 0.316. The number of aliphatic imine (C=N–C) groups is 1. The molecule has 0 radical (unpaired) electrons. The SMILES string of the molecule is CN=C(NCCS(=O)(=O)NCC1CCC1)NCc1sccc1C.I. The van der Waals surface area contributed by atoms with E-state index in [0.29, 0.717) is 31.5 Å². The molecule has 0 saturated heterocycles. The molecule has 0 spiro atoms. The molecule has 138 valence electrons. The molecule has 2 rings (SSSR count). The van der Waals surface area contributed by atoms with Crippen molar-refractivity contribution in [3.63, 3.8) is 0 Å². The van der Waals surface area contributed by atoms with Crippen molar-refractivity contribution in [1.29, 1.82) is 0 Å². The summed E-state index contributed by atoms with van der Waals surface area (Å²) in [4.78, 5) is 5.37. The standard InChI is InChI=1S/C15H26N4O2S2.HI/c1-12-6-8-22-14(12)11-18-15(16-2)17-7-9-23(20,21)19-10-13-4-3-5-13;/h6,8,13,19H,3-5,7,9-11H2,1-2H3,(H2,16,17,18);1H. The van der Waals surface area contributed by atoms with Crippen LogP contribution in [0.25, 0.3) is 0 Å². The molecule has 0 aromatic carbocycles. The number of thiophene rings is 1. The highest BCUT2D eigenvalue weighted by Crippen LogP contribution is 2.25. The van der Waals surface area contributed by atoms with Crippen molar-refractivity contribution in [2.24, 2.45) is 10.9 Å². The normalized spacial score (nSPS) is 15.5. The van der Waals surface area contributed by atoms with E-state index in [2.05, 4.69) is 38.7 Å². The van der Waals surface area contributed by atoms with Crippen molar-refractivity contribution >= 4 is 51.3 Å². The average molecular weight is 486 g/mol. The minimum Gasteiger partial charge on any atom is -0.355 e. The molecular formula is C15H27IN4O2S2. The van der Waals surface area contributed by atoms with E-state index in [1.165, 1.54) is 16.9 Å². The van der Waals surface area contributed by atoms with E-state index in [9.17, 15) is 8.42 Å². The Morgan fingerprint density at radius 1 is 1.38 bits per heavy atom. The highest BCUT2D eigenvalue weighted by Gasteiger charge is 2.20. The number of rotatable bonds is 8. The summed E-state index contributed by atoms with van der Waals surface area (Å²) in [5, 5.41) is 8.31. The Labute approximate surface area is 166 Å². The Bertz CT molecular complexity index is 627. The van der Waals surface area contributed by atoms with Gasteiger partial charge in [-0.25, -0.2) is 13.1 Å². The molecular weight excluding hydrogens is 459 g/mol. The largest absolute Gasteiger partial charge is 0.355 e. The lowest BCUT2D eigenvalue weighted by Crippen LogP contribution is -2.41. The number of nitrogens with zero attached hydrogens (tertiary/aromatic N) is 1. The maximum atomic E-state index is 11.9. The molecule has 1 fully saturated rings. The van der Waals surface area contributed by atoms with Crippen LogP contribution in [0.15, 0.2) is 16.4 Å². The highest BCUT2D eigenvalue weighted by molar-refractivity contribution is 14.0. The highest BCUT2D eigenvalue weighted by atomic mass is 127. The second-order valence-electron chi connectivity index (χ2n) is 5.84.